The van der Waals surface area contributed by atoms with Gasteiger partial charge in [0.2, 0.25) is 0 Å². The fourth-order valence-electron chi connectivity index (χ4n) is 2.83. The molecule has 0 aliphatic carbocycles. The second-order valence-corrected chi connectivity index (χ2v) is 6.44. The lowest BCUT2D eigenvalue weighted by atomic mass is 10.1. The zero-order chi connectivity index (χ0) is 18.5. The summed E-state index contributed by atoms with van der Waals surface area (Å²) in [5.41, 5.74) is 4.90. The van der Waals surface area contributed by atoms with Crippen LogP contribution in [0.1, 0.15) is 32.7 Å². The highest BCUT2D eigenvalue weighted by molar-refractivity contribution is 6.42. The van der Waals surface area contributed by atoms with E-state index < -0.39 is 11.7 Å². The molecule has 132 valence electrons. The first-order valence-corrected chi connectivity index (χ1v) is 8.62. The minimum absolute atomic E-state index is 0.337. The third-order valence-corrected chi connectivity index (χ3v) is 4.49. The summed E-state index contributed by atoms with van der Waals surface area (Å²) in [6.07, 6.45) is 1.83. The van der Waals surface area contributed by atoms with Gasteiger partial charge in [0.25, 0.3) is 11.7 Å². The normalized spacial score (nSPS) is 10.5. The third kappa shape index (κ3) is 4.09. The molecule has 2 aromatic carbocycles. The molecule has 0 spiro atoms. The highest BCUT2D eigenvalue weighted by Crippen LogP contribution is 2.13. The Hall–Kier alpha value is -3.14. The summed E-state index contributed by atoms with van der Waals surface area (Å²) in [6.45, 7) is 5.03. The van der Waals surface area contributed by atoms with Crippen LogP contribution in [0.3, 0.4) is 0 Å². The predicted molar refractivity (Wildman–Crippen MR) is 102 cm³/mol. The molecule has 1 aromatic heterocycles. The number of rotatable bonds is 6. The molecule has 0 saturated heterocycles. The van der Waals surface area contributed by atoms with Crippen molar-refractivity contribution in [1.82, 2.24) is 9.88 Å². The topological polar surface area (TPSA) is 51.1 Å². The standard InChI is InChI=1S/C22H22N2O2/c1-16-10-11-19(13-17(16)2)15-24-12-6-9-20(24)21(25)22(26)23-14-18-7-4-3-5-8-18/h3-13H,14-15H2,1-2H3,(H,23,26). The second kappa shape index (κ2) is 7.83. The lowest BCUT2D eigenvalue weighted by Crippen LogP contribution is -2.31. The number of nitrogens with zero attached hydrogens (tertiary/aromatic N) is 1. The Morgan fingerprint density at radius 3 is 2.38 bits per heavy atom. The molecule has 0 aliphatic heterocycles. The molecule has 3 aromatic rings. The number of benzene rings is 2. The van der Waals surface area contributed by atoms with Crippen molar-refractivity contribution < 1.29 is 9.59 Å². The molecule has 1 N–H and O–H groups in total. The molecule has 0 bridgehead atoms. The SMILES string of the molecule is Cc1ccc(Cn2cccc2C(=O)C(=O)NCc2ccccc2)cc1C. The van der Waals surface area contributed by atoms with Gasteiger partial charge in [-0.25, -0.2) is 0 Å². The average molecular weight is 346 g/mol. The molecule has 0 fully saturated rings. The van der Waals surface area contributed by atoms with Crippen LogP contribution in [0.25, 0.3) is 0 Å². The highest BCUT2D eigenvalue weighted by atomic mass is 16.2. The van der Waals surface area contributed by atoms with E-state index in [-0.39, 0.29) is 0 Å². The predicted octanol–water partition coefficient (Wildman–Crippen LogP) is 3.65. The van der Waals surface area contributed by atoms with Crippen molar-refractivity contribution in [1.29, 1.82) is 0 Å². The van der Waals surface area contributed by atoms with Gasteiger partial charge in [-0.15, -0.1) is 0 Å². The maximum Gasteiger partial charge on any atom is 0.294 e. The molecule has 4 heteroatoms. The van der Waals surface area contributed by atoms with Gasteiger partial charge in [0.05, 0.1) is 5.69 Å². The molecule has 1 heterocycles. The largest absolute Gasteiger partial charge is 0.345 e. The molecule has 1 amide bonds. The molecule has 0 saturated carbocycles. The van der Waals surface area contributed by atoms with E-state index in [0.29, 0.717) is 18.8 Å². The van der Waals surface area contributed by atoms with E-state index in [4.69, 9.17) is 0 Å². The summed E-state index contributed by atoms with van der Waals surface area (Å²) in [5, 5.41) is 2.69. The molecule has 26 heavy (non-hydrogen) atoms. The van der Waals surface area contributed by atoms with E-state index in [1.54, 1.807) is 12.1 Å². The van der Waals surface area contributed by atoms with Gasteiger partial charge < -0.3 is 9.88 Å². The van der Waals surface area contributed by atoms with Crippen LogP contribution in [0, 0.1) is 13.8 Å². The van der Waals surface area contributed by atoms with Crippen molar-refractivity contribution in [3.63, 3.8) is 0 Å². The van der Waals surface area contributed by atoms with Gasteiger partial charge >= 0.3 is 0 Å². The number of amides is 1. The maximum atomic E-state index is 12.5. The monoisotopic (exact) mass is 346 g/mol. The molecule has 0 radical (unpaired) electrons. The average Bonchev–Trinajstić information content (AvgIpc) is 3.11. The van der Waals surface area contributed by atoms with Crippen LogP contribution in [0.15, 0.2) is 66.9 Å². The van der Waals surface area contributed by atoms with Crippen LogP contribution < -0.4 is 5.32 Å². The molecular weight excluding hydrogens is 324 g/mol. The van der Waals surface area contributed by atoms with Crippen LogP contribution in [0.5, 0.6) is 0 Å². The summed E-state index contributed by atoms with van der Waals surface area (Å²) in [5.74, 6) is -1.11. The van der Waals surface area contributed by atoms with Gasteiger partial charge in [0, 0.05) is 19.3 Å². The number of hydrogen-bond acceptors (Lipinski definition) is 2. The number of Topliss-reactive ketones (excluding diaryl/α,β-unsaturated/α-hetero) is 1. The zero-order valence-corrected chi connectivity index (χ0v) is 15.0. The van der Waals surface area contributed by atoms with Crippen molar-refractivity contribution in [3.05, 3.63) is 94.8 Å². The molecule has 4 nitrogen and oxygen atoms in total. The summed E-state index contributed by atoms with van der Waals surface area (Å²) in [6, 6.07) is 19.2. The van der Waals surface area contributed by atoms with E-state index >= 15 is 0 Å². The van der Waals surface area contributed by atoms with Crippen LogP contribution >= 0.6 is 0 Å². The number of aromatic nitrogens is 1. The Balaban J connectivity index is 1.69. The summed E-state index contributed by atoms with van der Waals surface area (Å²) in [7, 11) is 0. The van der Waals surface area contributed by atoms with Crippen molar-refractivity contribution >= 4 is 11.7 Å². The number of ketones is 1. The number of carbonyl (C=O) groups excluding carboxylic acids is 2. The van der Waals surface area contributed by atoms with Crippen LogP contribution in [0.2, 0.25) is 0 Å². The minimum atomic E-state index is -0.589. The quantitative estimate of drug-likeness (QED) is 0.547. The van der Waals surface area contributed by atoms with E-state index in [1.165, 1.54) is 11.1 Å². The Kier molecular flexibility index (Phi) is 5.32. The first-order chi connectivity index (χ1) is 12.5. The van der Waals surface area contributed by atoms with Crippen LogP contribution in [0.4, 0.5) is 0 Å². The lowest BCUT2D eigenvalue weighted by molar-refractivity contribution is -0.117. The molecule has 0 atom stereocenters. The highest BCUT2D eigenvalue weighted by Gasteiger charge is 2.19. The lowest BCUT2D eigenvalue weighted by Gasteiger charge is -2.10. The van der Waals surface area contributed by atoms with Gasteiger partial charge in [-0.3, -0.25) is 9.59 Å². The van der Waals surface area contributed by atoms with Crippen molar-refractivity contribution in [2.75, 3.05) is 0 Å². The maximum absolute atomic E-state index is 12.5. The summed E-state index contributed by atoms with van der Waals surface area (Å²) in [4.78, 5) is 24.8. The first-order valence-electron chi connectivity index (χ1n) is 8.62. The molecule has 0 aliphatic rings. The summed E-state index contributed by atoms with van der Waals surface area (Å²) < 4.78 is 1.81. The Morgan fingerprint density at radius 1 is 0.885 bits per heavy atom. The molecular formula is C22H22N2O2. The van der Waals surface area contributed by atoms with Crippen molar-refractivity contribution in [2.45, 2.75) is 26.9 Å². The van der Waals surface area contributed by atoms with Gasteiger partial charge in [-0.1, -0.05) is 48.5 Å². The van der Waals surface area contributed by atoms with E-state index in [1.807, 2.05) is 47.2 Å². The van der Waals surface area contributed by atoms with Gasteiger partial charge in [-0.2, -0.15) is 0 Å². The molecule has 0 unspecified atom stereocenters. The van der Waals surface area contributed by atoms with E-state index in [2.05, 4.69) is 31.3 Å². The Bertz CT molecular complexity index is 926. The number of carbonyl (C=O) groups is 2. The van der Waals surface area contributed by atoms with E-state index in [9.17, 15) is 9.59 Å². The molecule has 3 rings (SSSR count). The van der Waals surface area contributed by atoms with E-state index in [0.717, 1.165) is 11.1 Å². The first kappa shape index (κ1) is 17.7. The van der Waals surface area contributed by atoms with Gasteiger partial charge in [0.1, 0.15) is 0 Å². The van der Waals surface area contributed by atoms with Crippen LogP contribution in [-0.4, -0.2) is 16.3 Å². The van der Waals surface area contributed by atoms with Crippen molar-refractivity contribution in [3.8, 4) is 0 Å². The summed E-state index contributed by atoms with van der Waals surface area (Å²) >= 11 is 0. The Labute approximate surface area is 153 Å². The fourth-order valence-corrected chi connectivity index (χ4v) is 2.83. The third-order valence-electron chi connectivity index (χ3n) is 4.49. The van der Waals surface area contributed by atoms with Crippen molar-refractivity contribution in [2.24, 2.45) is 0 Å². The minimum Gasteiger partial charge on any atom is -0.345 e. The number of nitrogens with one attached hydrogen (secondary N) is 1. The smallest absolute Gasteiger partial charge is 0.294 e. The second-order valence-electron chi connectivity index (χ2n) is 6.44. The zero-order valence-electron chi connectivity index (χ0n) is 15.0. The van der Waals surface area contributed by atoms with Gasteiger partial charge in [0.15, 0.2) is 0 Å². The van der Waals surface area contributed by atoms with Crippen LogP contribution in [-0.2, 0) is 17.9 Å². The fraction of sp³-hybridized carbons (Fsp3) is 0.182. The number of hydrogen-bond donors (Lipinski definition) is 1. The number of aryl methyl sites for hydroxylation is 2. The van der Waals surface area contributed by atoms with Gasteiger partial charge in [-0.05, 0) is 48.2 Å². The Morgan fingerprint density at radius 2 is 1.65 bits per heavy atom.